The number of nitrogens with zero attached hydrogens (tertiary/aromatic N) is 1. The monoisotopic (exact) mass is 337 g/mol. The highest BCUT2D eigenvalue weighted by Gasteiger charge is 2.05. The van der Waals surface area contributed by atoms with Crippen LogP contribution < -0.4 is 0 Å². The van der Waals surface area contributed by atoms with Crippen molar-refractivity contribution in [3.8, 4) is 11.1 Å². The molecule has 0 atom stereocenters. The summed E-state index contributed by atoms with van der Waals surface area (Å²) in [6.07, 6.45) is 2.70. The van der Waals surface area contributed by atoms with E-state index >= 15 is 0 Å². The highest BCUT2D eigenvalue weighted by atomic mass is 16.7. The van der Waals surface area contributed by atoms with Crippen LogP contribution >= 0.6 is 0 Å². The molecule has 128 valence electrons. The molecule has 0 amide bonds. The molecule has 0 heterocycles. The lowest BCUT2D eigenvalue weighted by Gasteiger charge is -2.05. The van der Waals surface area contributed by atoms with Gasteiger partial charge in [0, 0.05) is 18.6 Å². The lowest BCUT2D eigenvalue weighted by atomic mass is 10.0. The van der Waals surface area contributed by atoms with E-state index in [1.54, 1.807) is 6.92 Å². The molecule has 2 rings (SSSR count). The van der Waals surface area contributed by atoms with E-state index in [0.717, 1.165) is 11.1 Å². The summed E-state index contributed by atoms with van der Waals surface area (Å²) < 4.78 is 4.84. The van der Waals surface area contributed by atoms with Gasteiger partial charge in [0.25, 0.3) is 0 Å². The molecular weight excluding hydrogens is 318 g/mol. The first kappa shape index (κ1) is 18.1. The Hall–Kier alpha value is -3.21. The van der Waals surface area contributed by atoms with E-state index in [4.69, 9.17) is 9.57 Å². The van der Waals surface area contributed by atoms with E-state index in [9.17, 15) is 9.59 Å². The molecule has 2 aromatic carbocycles. The normalized spacial score (nSPS) is 11.4. The average Bonchev–Trinajstić information content (AvgIpc) is 2.63. The Bertz CT molecular complexity index is 777. The molecule has 0 bridgehead atoms. The number of carbonyl (C=O) groups is 2. The van der Waals surface area contributed by atoms with Gasteiger partial charge in [0.1, 0.15) is 5.71 Å². The van der Waals surface area contributed by atoms with Gasteiger partial charge in [-0.2, -0.15) is 0 Å². The van der Waals surface area contributed by atoms with Crippen molar-refractivity contribution in [2.75, 3.05) is 6.61 Å². The van der Waals surface area contributed by atoms with Crippen LogP contribution in [0, 0.1) is 0 Å². The lowest BCUT2D eigenvalue weighted by molar-refractivity contribution is -0.141. The van der Waals surface area contributed by atoms with Crippen LogP contribution in [0.3, 0.4) is 0 Å². The summed E-state index contributed by atoms with van der Waals surface area (Å²) in [6, 6.07) is 17.5. The standard InChI is InChI=1S/C20H19NO4/c1-3-24-20(23)14-13-19(21-25-15(2)22)18-11-9-17(10-12-18)16-7-5-4-6-8-16/h4-14H,3H2,1-2H3/b14-13+,21-19+. The first-order valence-electron chi connectivity index (χ1n) is 7.86. The summed E-state index contributed by atoms with van der Waals surface area (Å²) in [5.41, 5.74) is 3.20. The second kappa shape index (κ2) is 9.17. The Labute approximate surface area is 146 Å². The topological polar surface area (TPSA) is 65.0 Å². The quantitative estimate of drug-likeness (QED) is 0.265. The van der Waals surface area contributed by atoms with Crippen LogP contribution in [0.25, 0.3) is 11.1 Å². The molecule has 0 saturated carbocycles. The van der Waals surface area contributed by atoms with Gasteiger partial charge < -0.3 is 9.57 Å². The van der Waals surface area contributed by atoms with Gasteiger partial charge in [-0.15, -0.1) is 0 Å². The highest BCUT2D eigenvalue weighted by Crippen LogP contribution is 2.19. The molecule has 0 spiro atoms. The first-order chi connectivity index (χ1) is 12.1. The summed E-state index contributed by atoms with van der Waals surface area (Å²) >= 11 is 0. The van der Waals surface area contributed by atoms with Crippen LogP contribution in [0.1, 0.15) is 19.4 Å². The fraction of sp³-hybridized carbons (Fsp3) is 0.150. The molecule has 0 aliphatic heterocycles. The van der Waals surface area contributed by atoms with E-state index in [1.165, 1.54) is 19.1 Å². The van der Waals surface area contributed by atoms with Crippen molar-refractivity contribution >= 4 is 17.7 Å². The smallest absolute Gasteiger partial charge is 0.332 e. The van der Waals surface area contributed by atoms with Crippen LogP contribution in [0.4, 0.5) is 0 Å². The van der Waals surface area contributed by atoms with Crippen LogP contribution in [0.2, 0.25) is 0 Å². The zero-order chi connectivity index (χ0) is 18.1. The molecule has 0 radical (unpaired) electrons. The second-order valence-corrected chi connectivity index (χ2v) is 5.09. The minimum absolute atomic E-state index is 0.283. The van der Waals surface area contributed by atoms with E-state index in [-0.39, 0.29) is 6.61 Å². The largest absolute Gasteiger partial charge is 0.463 e. The molecule has 5 nitrogen and oxygen atoms in total. The molecule has 5 heteroatoms. The van der Waals surface area contributed by atoms with Crippen molar-refractivity contribution in [3.05, 3.63) is 72.3 Å². The van der Waals surface area contributed by atoms with Crippen LogP contribution in [0.5, 0.6) is 0 Å². The van der Waals surface area contributed by atoms with E-state index < -0.39 is 11.9 Å². The number of ether oxygens (including phenoxy) is 1. The number of allylic oxidation sites excluding steroid dienone is 1. The minimum Gasteiger partial charge on any atom is -0.463 e. The third-order valence-electron chi connectivity index (χ3n) is 3.22. The number of carbonyl (C=O) groups excluding carboxylic acids is 2. The van der Waals surface area contributed by atoms with E-state index in [0.29, 0.717) is 11.3 Å². The summed E-state index contributed by atoms with van der Waals surface area (Å²) in [5.74, 6) is -1.03. The van der Waals surface area contributed by atoms with E-state index in [1.807, 2.05) is 54.6 Å². The van der Waals surface area contributed by atoms with Gasteiger partial charge >= 0.3 is 11.9 Å². The minimum atomic E-state index is -0.539. The fourth-order valence-corrected chi connectivity index (χ4v) is 2.09. The van der Waals surface area contributed by atoms with Crippen LogP contribution in [0.15, 0.2) is 71.9 Å². The third kappa shape index (κ3) is 5.73. The average molecular weight is 337 g/mol. The number of hydrogen-bond acceptors (Lipinski definition) is 5. The molecule has 0 saturated heterocycles. The molecule has 0 aliphatic carbocycles. The summed E-state index contributed by atoms with van der Waals surface area (Å²) in [7, 11) is 0. The summed E-state index contributed by atoms with van der Waals surface area (Å²) in [5, 5.41) is 3.80. The van der Waals surface area contributed by atoms with Gasteiger partial charge in [0.2, 0.25) is 0 Å². The Balaban J connectivity index is 2.26. The van der Waals surface area contributed by atoms with Crippen molar-refractivity contribution in [1.29, 1.82) is 0 Å². The molecule has 0 fully saturated rings. The van der Waals surface area contributed by atoms with Crippen molar-refractivity contribution in [2.45, 2.75) is 13.8 Å². The number of esters is 1. The van der Waals surface area contributed by atoms with E-state index in [2.05, 4.69) is 5.16 Å². The van der Waals surface area contributed by atoms with Gasteiger partial charge in [-0.25, -0.2) is 9.59 Å². The number of rotatable bonds is 6. The molecule has 0 N–H and O–H groups in total. The van der Waals surface area contributed by atoms with Crippen LogP contribution in [-0.4, -0.2) is 24.3 Å². The molecule has 0 unspecified atom stereocenters. The Morgan fingerprint density at radius 2 is 1.60 bits per heavy atom. The summed E-state index contributed by atoms with van der Waals surface area (Å²) in [4.78, 5) is 27.2. The SMILES string of the molecule is CCOC(=O)/C=C/C(=N\OC(C)=O)c1ccc(-c2ccccc2)cc1. The molecule has 25 heavy (non-hydrogen) atoms. The molecule has 0 aromatic heterocycles. The van der Waals surface area contributed by atoms with Gasteiger partial charge in [0.05, 0.1) is 6.61 Å². The van der Waals surface area contributed by atoms with Gasteiger partial charge in [-0.3, -0.25) is 0 Å². The summed E-state index contributed by atoms with van der Waals surface area (Å²) in [6.45, 7) is 3.27. The predicted octanol–water partition coefficient (Wildman–Crippen LogP) is 3.74. The fourth-order valence-electron chi connectivity index (χ4n) is 2.09. The Morgan fingerprint density at radius 3 is 2.20 bits per heavy atom. The zero-order valence-corrected chi connectivity index (χ0v) is 14.1. The van der Waals surface area contributed by atoms with Gasteiger partial charge in [0.15, 0.2) is 0 Å². The van der Waals surface area contributed by atoms with Crippen molar-refractivity contribution in [2.24, 2.45) is 5.16 Å². The third-order valence-corrected chi connectivity index (χ3v) is 3.22. The maximum Gasteiger partial charge on any atom is 0.332 e. The molecule has 0 aliphatic rings. The number of hydrogen-bond donors (Lipinski definition) is 0. The molecular formula is C20H19NO4. The second-order valence-electron chi connectivity index (χ2n) is 5.09. The Kier molecular flexibility index (Phi) is 6.65. The maximum absolute atomic E-state index is 11.5. The number of benzene rings is 2. The predicted molar refractivity (Wildman–Crippen MR) is 96.0 cm³/mol. The van der Waals surface area contributed by atoms with Crippen molar-refractivity contribution in [3.63, 3.8) is 0 Å². The van der Waals surface area contributed by atoms with Crippen molar-refractivity contribution in [1.82, 2.24) is 0 Å². The molecule has 2 aromatic rings. The van der Waals surface area contributed by atoms with Crippen LogP contribution in [-0.2, 0) is 19.2 Å². The number of oxime groups is 1. The zero-order valence-electron chi connectivity index (χ0n) is 14.1. The highest BCUT2D eigenvalue weighted by molar-refractivity contribution is 6.10. The van der Waals surface area contributed by atoms with Crippen molar-refractivity contribution < 1.29 is 19.2 Å². The van der Waals surface area contributed by atoms with Gasteiger partial charge in [-0.05, 0) is 24.1 Å². The maximum atomic E-state index is 11.5. The first-order valence-corrected chi connectivity index (χ1v) is 7.86. The Morgan fingerprint density at radius 1 is 0.960 bits per heavy atom. The van der Waals surface area contributed by atoms with Gasteiger partial charge in [-0.1, -0.05) is 59.8 Å². The lowest BCUT2D eigenvalue weighted by Crippen LogP contribution is -2.04.